The van der Waals surface area contributed by atoms with Crippen LogP contribution >= 0.6 is 15.9 Å². The molecule has 3 atom stereocenters. The third-order valence-electron chi connectivity index (χ3n) is 3.47. The van der Waals surface area contributed by atoms with Crippen molar-refractivity contribution in [1.29, 1.82) is 0 Å². The van der Waals surface area contributed by atoms with Crippen molar-refractivity contribution in [2.45, 2.75) is 25.1 Å². The summed E-state index contributed by atoms with van der Waals surface area (Å²) in [6.45, 7) is 4.39. The third-order valence-corrected chi connectivity index (χ3v) is 4.23. The maximum atomic E-state index is 11.7. The van der Waals surface area contributed by atoms with Gasteiger partial charge < -0.3 is 0 Å². The Morgan fingerprint density at radius 3 is 2.75 bits per heavy atom. The Bertz CT molecular complexity index is 255. The Hall–Kier alpha value is -0.110. The highest BCUT2D eigenvalue weighted by Gasteiger charge is 2.52. The van der Waals surface area contributed by atoms with E-state index in [2.05, 4.69) is 35.9 Å². The van der Waals surface area contributed by atoms with Crippen LogP contribution in [0.4, 0.5) is 0 Å². The molecule has 2 bridgehead atoms. The van der Waals surface area contributed by atoms with Crippen LogP contribution in [0.25, 0.3) is 0 Å². The average molecular weight is 229 g/mol. The molecule has 0 heterocycles. The maximum Gasteiger partial charge on any atom is 0.153 e. The van der Waals surface area contributed by atoms with Gasteiger partial charge in [0.15, 0.2) is 5.78 Å². The lowest BCUT2D eigenvalue weighted by Crippen LogP contribution is -2.47. The minimum atomic E-state index is -0.0331. The molecule has 0 spiro atoms. The number of hydrogen-bond acceptors (Lipinski definition) is 1. The fourth-order valence-corrected chi connectivity index (χ4v) is 2.78. The fourth-order valence-electron chi connectivity index (χ4n) is 2.29. The number of Topliss-reactive ketones (excluding diaryl/α,β-unsaturated/α-hetero) is 1. The summed E-state index contributed by atoms with van der Waals surface area (Å²) in [6, 6.07) is 0. The van der Waals surface area contributed by atoms with Crippen LogP contribution in [-0.2, 0) is 4.79 Å². The molecule has 12 heavy (non-hydrogen) atoms. The Labute approximate surface area is 81.4 Å². The van der Waals surface area contributed by atoms with E-state index in [0.29, 0.717) is 11.7 Å². The van der Waals surface area contributed by atoms with Gasteiger partial charge in [-0.3, -0.25) is 4.79 Å². The molecule has 0 radical (unpaired) electrons. The second kappa shape index (κ2) is 2.44. The van der Waals surface area contributed by atoms with Crippen molar-refractivity contribution < 1.29 is 4.79 Å². The van der Waals surface area contributed by atoms with Gasteiger partial charge in [0.25, 0.3) is 0 Å². The molecule has 1 nitrogen and oxygen atoms in total. The summed E-state index contributed by atoms with van der Waals surface area (Å²) in [6.07, 6.45) is 5.26. The molecule has 1 saturated carbocycles. The minimum absolute atomic E-state index is 0.0331. The van der Waals surface area contributed by atoms with Crippen LogP contribution in [0.3, 0.4) is 0 Å². The van der Waals surface area contributed by atoms with E-state index in [9.17, 15) is 4.79 Å². The quantitative estimate of drug-likeness (QED) is 0.460. The number of fused-ring (bicyclic) bond motifs is 2. The normalized spacial score (nSPS) is 43.6. The zero-order valence-electron chi connectivity index (χ0n) is 7.38. The molecular formula is C10H13BrO. The number of carbonyl (C=O) groups is 1. The molecule has 2 heteroatoms. The highest BCUT2D eigenvalue weighted by molar-refractivity contribution is 9.10. The van der Waals surface area contributed by atoms with Gasteiger partial charge in [-0.15, -0.1) is 0 Å². The zero-order valence-corrected chi connectivity index (χ0v) is 8.97. The van der Waals surface area contributed by atoms with E-state index in [1.165, 1.54) is 0 Å². The van der Waals surface area contributed by atoms with E-state index in [0.717, 1.165) is 6.42 Å². The molecule has 0 aromatic carbocycles. The van der Waals surface area contributed by atoms with Crippen LogP contribution in [-0.4, -0.2) is 10.6 Å². The second-order valence-electron chi connectivity index (χ2n) is 4.41. The molecular weight excluding hydrogens is 216 g/mol. The smallest absolute Gasteiger partial charge is 0.153 e. The number of hydrogen-bond donors (Lipinski definition) is 0. The molecule has 0 aliphatic heterocycles. The van der Waals surface area contributed by atoms with Crippen molar-refractivity contribution in [1.82, 2.24) is 0 Å². The summed E-state index contributed by atoms with van der Waals surface area (Å²) in [5.41, 5.74) is 0.204. The van der Waals surface area contributed by atoms with Gasteiger partial charge in [-0.05, 0) is 17.8 Å². The van der Waals surface area contributed by atoms with Gasteiger partial charge in [0.2, 0.25) is 0 Å². The van der Waals surface area contributed by atoms with Crippen LogP contribution in [0.1, 0.15) is 20.3 Å². The van der Waals surface area contributed by atoms with E-state index in [-0.39, 0.29) is 16.2 Å². The molecule has 2 unspecified atom stereocenters. The van der Waals surface area contributed by atoms with E-state index in [1.54, 1.807) is 0 Å². The monoisotopic (exact) mass is 228 g/mol. The van der Waals surface area contributed by atoms with E-state index >= 15 is 0 Å². The first-order chi connectivity index (χ1) is 5.53. The minimum Gasteiger partial charge on any atom is -0.298 e. The molecule has 0 amide bonds. The Morgan fingerprint density at radius 2 is 2.17 bits per heavy atom. The summed E-state index contributed by atoms with van der Waals surface area (Å²) in [5.74, 6) is 1.26. The van der Waals surface area contributed by atoms with Crippen molar-refractivity contribution in [3.63, 3.8) is 0 Å². The van der Waals surface area contributed by atoms with Crippen molar-refractivity contribution in [3.05, 3.63) is 12.2 Å². The summed E-state index contributed by atoms with van der Waals surface area (Å²) < 4.78 is 0. The van der Waals surface area contributed by atoms with E-state index in [4.69, 9.17) is 0 Å². The maximum absolute atomic E-state index is 11.7. The Morgan fingerprint density at radius 1 is 1.50 bits per heavy atom. The van der Waals surface area contributed by atoms with Gasteiger partial charge in [-0.2, -0.15) is 0 Å². The lowest BCUT2D eigenvalue weighted by Gasteiger charge is -2.49. The molecule has 0 aromatic rings. The van der Waals surface area contributed by atoms with Crippen molar-refractivity contribution >= 4 is 21.7 Å². The summed E-state index contributed by atoms with van der Waals surface area (Å²) in [4.78, 5) is 11.7. The fraction of sp³-hybridized carbons (Fsp3) is 0.700. The average Bonchev–Trinajstić information content (AvgIpc) is 2.18. The van der Waals surface area contributed by atoms with E-state index in [1.807, 2.05) is 6.08 Å². The first-order valence-electron chi connectivity index (χ1n) is 4.39. The largest absolute Gasteiger partial charge is 0.298 e. The number of alkyl halides is 1. The summed E-state index contributed by atoms with van der Waals surface area (Å²) in [7, 11) is 0. The number of carbonyl (C=O) groups excluding carboxylic acids is 1. The van der Waals surface area contributed by atoms with Crippen molar-refractivity contribution in [3.8, 4) is 0 Å². The molecule has 0 N–H and O–H groups in total. The number of halogens is 1. The molecule has 3 aliphatic carbocycles. The lowest BCUT2D eigenvalue weighted by molar-refractivity contribution is -0.133. The van der Waals surface area contributed by atoms with Crippen molar-refractivity contribution in [2.24, 2.45) is 17.3 Å². The van der Waals surface area contributed by atoms with Gasteiger partial charge in [-0.1, -0.05) is 41.9 Å². The van der Waals surface area contributed by atoms with Crippen LogP contribution in [0.2, 0.25) is 0 Å². The third kappa shape index (κ3) is 0.936. The van der Waals surface area contributed by atoms with Crippen LogP contribution in [0.5, 0.6) is 0 Å². The molecule has 1 fully saturated rings. The number of allylic oxidation sites excluding steroid dienone is 2. The summed E-state index contributed by atoms with van der Waals surface area (Å²) in [5, 5.41) is 0. The lowest BCUT2D eigenvalue weighted by atomic mass is 9.54. The predicted molar refractivity (Wildman–Crippen MR) is 52.2 cm³/mol. The second-order valence-corrected chi connectivity index (χ2v) is 5.39. The number of ketones is 1. The van der Waals surface area contributed by atoms with Crippen LogP contribution in [0, 0.1) is 17.3 Å². The molecule has 3 aliphatic rings. The van der Waals surface area contributed by atoms with Crippen LogP contribution < -0.4 is 0 Å². The summed E-state index contributed by atoms with van der Waals surface area (Å²) >= 11 is 3.39. The van der Waals surface area contributed by atoms with Gasteiger partial charge >= 0.3 is 0 Å². The molecule has 0 aromatic heterocycles. The van der Waals surface area contributed by atoms with Gasteiger partial charge in [-0.25, -0.2) is 0 Å². The zero-order chi connectivity index (χ0) is 8.93. The van der Waals surface area contributed by atoms with E-state index < -0.39 is 0 Å². The highest BCUT2D eigenvalue weighted by atomic mass is 79.9. The number of rotatable bonds is 0. The van der Waals surface area contributed by atoms with Gasteiger partial charge in [0.1, 0.15) is 0 Å². The first kappa shape index (κ1) is 8.49. The highest BCUT2D eigenvalue weighted by Crippen LogP contribution is 2.54. The standard InChI is InChI=1S/C10H13BrO/c1-10(2)6-3-4-8(11)9(12)7(10)5-6/h3-4,6-8H,5H2,1-2H3/t6?,7?,8-/m0/s1. The first-order valence-corrected chi connectivity index (χ1v) is 5.31. The van der Waals surface area contributed by atoms with Crippen LogP contribution in [0.15, 0.2) is 12.2 Å². The molecule has 3 rings (SSSR count). The van der Waals surface area contributed by atoms with Crippen molar-refractivity contribution in [2.75, 3.05) is 0 Å². The van der Waals surface area contributed by atoms with Gasteiger partial charge in [0, 0.05) is 5.92 Å². The Kier molecular flexibility index (Phi) is 1.73. The Balaban J connectivity index is 2.33. The molecule has 66 valence electrons. The molecule has 0 saturated heterocycles. The van der Waals surface area contributed by atoms with Gasteiger partial charge in [0.05, 0.1) is 4.83 Å². The predicted octanol–water partition coefficient (Wildman–Crippen LogP) is 2.55. The SMILES string of the molecule is CC1(C)C2C=C[C@H](Br)C(=O)C1C2. The topological polar surface area (TPSA) is 17.1 Å².